The van der Waals surface area contributed by atoms with Gasteiger partial charge in [0.2, 0.25) is 0 Å². The first-order valence-corrected chi connectivity index (χ1v) is 9.51. The van der Waals surface area contributed by atoms with Crippen molar-refractivity contribution in [2.75, 3.05) is 13.7 Å². The Morgan fingerprint density at radius 1 is 1.11 bits per heavy atom. The van der Waals surface area contributed by atoms with Crippen molar-refractivity contribution in [2.24, 2.45) is 0 Å². The molecule has 140 valence electrons. The summed E-state index contributed by atoms with van der Waals surface area (Å²) < 4.78 is 12.6. The van der Waals surface area contributed by atoms with Crippen LogP contribution in [0.15, 0.2) is 59.8 Å². The highest BCUT2D eigenvalue weighted by Crippen LogP contribution is 2.34. The highest BCUT2D eigenvalue weighted by molar-refractivity contribution is 8.00. The number of esters is 1. The number of hydrogen-bond donors (Lipinski definition) is 0. The number of methoxy groups -OCH3 is 1. The van der Waals surface area contributed by atoms with Gasteiger partial charge in [-0.15, -0.1) is 10.2 Å². The van der Waals surface area contributed by atoms with E-state index in [0.717, 1.165) is 11.3 Å². The van der Waals surface area contributed by atoms with Gasteiger partial charge in [-0.2, -0.15) is 0 Å². The third-order valence-electron chi connectivity index (χ3n) is 3.89. The minimum atomic E-state index is -0.411. The van der Waals surface area contributed by atoms with E-state index in [9.17, 15) is 4.79 Å². The van der Waals surface area contributed by atoms with E-state index in [0.29, 0.717) is 23.3 Å². The van der Waals surface area contributed by atoms with Gasteiger partial charge in [0.25, 0.3) is 0 Å². The summed E-state index contributed by atoms with van der Waals surface area (Å²) in [4.78, 5) is 12.1. The maximum Gasteiger partial charge on any atom is 0.319 e. The standard InChI is InChI=1S/C20H21N3O3S/c1-4-26-19(24)14(2)27-20-22-21-18(15-10-6-5-7-11-15)23(20)16-12-8-9-13-17(16)25-3/h5-14H,4H2,1-3H3/t14-/m0/s1. The van der Waals surface area contributed by atoms with Gasteiger partial charge in [-0.05, 0) is 26.0 Å². The minimum Gasteiger partial charge on any atom is -0.495 e. The number of carbonyl (C=O) groups is 1. The van der Waals surface area contributed by atoms with Crippen molar-refractivity contribution in [1.29, 1.82) is 0 Å². The van der Waals surface area contributed by atoms with Gasteiger partial charge in [-0.25, -0.2) is 0 Å². The van der Waals surface area contributed by atoms with Crippen LogP contribution in [0.2, 0.25) is 0 Å². The van der Waals surface area contributed by atoms with Gasteiger partial charge >= 0.3 is 5.97 Å². The molecule has 0 radical (unpaired) electrons. The van der Waals surface area contributed by atoms with Crippen molar-refractivity contribution in [3.8, 4) is 22.8 Å². The molecule has 0 bridgehead atoms. The van der Waals surface area contributed by atoms with Gasteiger partial charge in [-0.3, -0.25) is 9.36 Å². The lowest BCUT2D eigenvalue weighted by atomic mass is 10.2. The third kappa shape index (κ3) is 4.14. The number of hydrogen-bond acceptors (Lipinski definition) is 6. The predicted molar refractivity (Wildman–Crippen MR) is 105 cm³/mol. The maximum atomic E-state index is 12.1. The lowest BCUT2D eigenvalue weighted by Gasteiger charge is -2.15. The number of ether oxygens (including phenoxy) is 2. The monoisotopic (exact) mass is 383 g/mol. The van der Waals surface area contributed by atoms with E-state index in [4.69, 9.17) is 9.47 Å². The van der Waals surface area contributed by atoms with Crippen LogP contribution in [-0.4, -0.2) is 39.7 Å². The van der Waals surface area contributed by atoms with E-state index in [1.165, 1.54) is 11.8 Å². The van der Waals surface area contributed by atoms with Gasteiger partial charge in [0.05, 0.1) is 19.4 Å². The van der Waals surface area contributed by atoms with Crippen molar-refractivity contribution < 1.29 is 14.3 Å². The molecule has 1 atom stereocenters. The molecule has 0 aliphatic heterocycles. The smallest absolute Gasteiger partial charge is 0.319 e. The van der Waals surface area contributed by atoms with Gasteiger partial charge in [0.15, 0.2) is 11.0 Å². The molecular formula is C20H21N3O3S. The Bertz CT molecular complexity index is 912. The lowest BCUT2D eigenvalue weighted by Crippen LogP contribution is -2.17. The zero-order valence-corrected chi connectivity index (χ0v) is 16.3. The van der Waals surface area contributed by atoms with Crippen LogP contribution in [0.5, 0.6) is 5.75 Å². The number of carbonyl (C=O) groups excluding carboxylic acids is 1. The molecule has 0 N–H and O–H groups in total. The van der Waals surface area contributed by atoms with Gasteiger partial charge in [-0.1, -0.05) is 54.2 Å². The summed E-state index contributed by atoms with van der Waals surface area (Å²) in [5, 5.41) is 8.91. The normalized spacial score (nSPS) is 11.8. The van der Waals surface area contributed by atoms with Crippen LogP contribution in [0.3, 0.4) is 0 Å². The number of aromatic nitrogens is 3. The SMILES string of the molecule is CCOC(=O)[C@H](C)Sc1nnc(-c2ccccc2)n1-c1ccccc1OC. The average molecular weight is 383 g/mol. The molecule has 0 amide bonds. The molecule has 1 heterocycles. The molecule has 0 aliphatic carbocycles. The molecule has 2 aromatic carbocycles. The molecule has 0 saturated carbocycles. The summed E-state index contributed by atoms with van der Waals surface area (Å²) in [5.74, 6) is 1.09. The zero-order chi connectivity index (χ0) is 19.2. The summed E-state index contributed by atoms with van der Waals surface area (Å²) >= 11 is 1.31. The number of rotatable bonds is 7. The summed E-state index contributed by atoms with van der Waals surface area (Å²) in [6, 6.07) is 17.4. The van der Waals surface area contributed by atoms with E-state index < -0.39 is 5.25 Å². The van der Waals surface area contributed by atoms with Crippen LogP contribution < -0.4 is 4.74 Å². The molecule has 0 unspecified atom stereocenters. The Hall–Kier alpha value is -2.80. The Balaban J connectivity index is 2.09. The first-order chi connectivity index (χ1) is 13.2. The van der Waals surface area contributed by atoms with Crippen molar-refractivity contribution in [2.45, 2.75) is 24.3 Å². The minimum absolute atomic E-state index is 0.279. The fourth-order valence-corrected chi connectivity index (χ4v) is 3.48. The number of thioether (sulfide) groups is 1. The Labute approximate surface area is 162 Å². The van der Waals surface area contributed by atoms with E-state index in [2.05, 4.69) is 10.2 Å². The highest BCUT2D eigenvalue weighted by atomic mass is 32.2. The second kappa shape index (κ2) is 8.73. The molecule has 3 aromatic rings. The van der Waals surface area contributed by atoms with Gasteiger partial charge < -0.3 is 9.47 Å². The molecule has 6 nitrogen and oxygen atoms in total. The average Bonchev–Trinajstić information content (AvgIpc) is 3.12. The van der Waals surface area contributed by atoms with Crippen LogP contribution in [0.25, 0.3) is 17.1 Å². The Morgan fingerprint density at radius 2 is 1.81 bits per heavy atom. The fraction of sp³-hybridized carbons (Fsp3) is 0.250. The van der Waals surface area contributed by atoms with E-state index in [-0.39, 0.29) is 5.97 Å². The fourth-order valence-electron chi connectivity index (χ4n) is 2.62. The highest BCUT2D eigenvalue weighted by Gasteiger charge is 2.23. The first kappa shape index (κ1) is 19.0. The predicted octanol–water partition coefficient (Wildman–Crippen LogP) is 3.99. The summed E-state index contributed by atoms with van der Waals surface area (Å²) in [6.45, 7) is 3.93. The molecule has 0 spiro atoms. The molecular weight excluding hydrogens is 362 g/mol. The topological polar surface area (TPSA) is 66.2 Å². The van der Waals surface area contributed by atoms with Crippen LogP contribution >= 0.6 is 11.8 Å². The summed E-state index contributed by atoms with van der Waals surface area (Å²) in [7, 11) is 1.62. The molecule has 0 saturated heterocycles. The maximum absolute atomic E-state index is 12.1. The van der Waals surface area contributed by atoms with E-state index in [1.54, 1.807) is 21.0 Å². The molecule has 3 rings (SSSR count). The van der Waals surface area contributed by atoms with Crippen molar-refractivity contribution in [3.63, 3.8) is 0 Å². The van der Waals surface area contributed by atoms with Crippen LogP contribution in [0, 0.1) is 0 Å². The van der Waals surface area contributed by atoms with Crippen LogP contribution in [-0.2, 0) is 9.53 Å². The van der Waals surface area contributed by atoms with Gasteiger partial charge in [0, 0.05) is 5.56 Å². The van der Waals surface area contributed by atoms with E-state index in [1.807, 2.05) is 59.2 Å². The quantitative estimate of drug-likeness (QED) is 0.454. The molecule has 1 aromatic heterocycles. The lowest BCUT2D eigenvalue weighted by molar-refractivity contribution is -0.142. The second-order valence-electron chi connectivity index (χ2n) is 5.69. The third-order valence-corrected chi connectivity index (χ3v) is 4.91. The van der Waals surface area contributed by atoms with E-state index >= 15 is 0 Å². The summed E-state index contributed by atoms with van der Waals surface area (Å²) in [5.41, 5.74) is 1.73. The number of nitrogens with zero attached hydrogens (tertiary/aromatic N) is 3. The van der Waals surface area contributed by atoms with Crippen molar-refractivity contribution in [3.05, 3.63) is 54.6 Å². The molecule has 7 heteroatoms. The molecule has 0 fully saturated rings. The van der Waals surface area contributed by atoms with Crippen LogP contribution in [0.4, 0.5) is 0 Å². The second-order valence-corrected chi connectivity index (χ2v) is 7.00. The molecule has 27 heavy (non-hydrogen) atoms. The van der Waals surface area contributed by atoms with Crippen LogP contribution in [0.1, 0.15) is 13.8 Å². The van der Waals surface area contributed by atoms with Crippen molar-refractivity contribution >= 4 is 17.7 Å². The zero-order valence-electron chi connectivity index (χ0n) is 15.5. The Kier molecular flexibility index (Phi) is 6.13. The van der Waals surface area contributed by atoms with Gasteiger partial charge in [0.1, 0.15) is 11.0 Å². The molecule has 0 aliphatic rings. The Morgan fingerprint density at radius 3 is 2.52 bits per heavy atom. The number of benzene rings is 2. The van der Waals surface area contributed by atoms with Crippen molar-refractivity contribution in [1.82, 2.24) is 14.8 Å². The largest absolute Gasteiger partial charge is 0.495 e. The summed E-state index contributed by atoms with van der Waals surface area (Å²) in [6.07, 6.45) is 0. The first-order valence-electron chi connectivity index (χ1n) is 8.63. The number of para-hydroxylation sites is 2.